The highest BCUT2D eigenvalue weighted by Gasteiger charge is 2.02. The van der Waals surface area contributed by atoms with Gasteiger partial charge in [-0.05, 0) is 79.1 Å². The van der Waals surface area contributed by atoms with Gasteiger partial charge in [-0.15, -0.1) is 0 Å². The molecule has 0 saturated heterocycles. The smallest absolute Gasteiger partial charge is 0.131 e. The van der Waals surface area contributed by atoms with Crippen LogP contribution in [0.1, 0.15) is 16.7 Å². The second-order valence-corrected chi connectivity index (χ2v) is 6.04. The zero-order valence-corrected chi connectivity index (χ0v) is 15.1. The maximum atomic E-state index is 9.83. The molecule has 26 heavy (non-hydrogen) atoms. The largest absolute Gasteiger partial charge is 0.507 e. The number of hydrogen-bond acceptors (Lipinski definition) is 4. The predicted octanol–water partition coefficient (Wildman–Crippen LogP) is 5.56. The molecule has 0 aromatic heterocycles. The van der Waals surface area contributed by atoms with Crippen molar-refractivity contribution in [3.8, 4) is 23.0 Å². The first-order valence-corrected chi connectivity index (χ1v) is 8.31. The van der Waals surface area contributed by atoms with Gasteiger partial charge in [0.1, 0.15) is 23.0 Å². The molecular weight excluding hydrogens is 326 g/mol. The molecule has 1 N–H and O–H groups in total. The molecule has 3 rings (SSSR count). The summed E-state index contributed by atoms with van der Waals surface area (Å²) in [6.45, 7) is 3.76. The van der Waals surface area contributed by atoms with E-state index in [9.17, 15) is 5.11 Å². The molecule has 0 unspecified atom stereocenters. The summed E-state index contributed by atoms with van der Waals surface area (Å²) in [5, 5.41) is 9.83. The zero-order chi connectivity index (χ0) is 18.5. The van der Waals surface area contributed by atoms with Crippen LogP contribution in [-0.4, -0.2) is 18.4 Å². The molecule has 3 aromatic carbocycles. The number of ether oxygens (including phenoxy) is 2. The van der Waals surface area contributed by atoms with Gasteiger partial charge in [0.25, 0.3) is 0 Å². The van der Waals surface area contributed by atoms with Crippen molar-refractivity contribution in [2.45, 2.75) is 13.8 Å². The highest BCUT2D eigenvalue weighted by Crippen LogP contribution is 2.27. The fourth-order valence-corrected chi connectivity index (χ4v) is 2.61. The molecule has 0 spiro atoms. The molecule has 4 heteroatoms. The molecule has 0 aliphatic heterocycles. The number of aromatic hydroxyl groups is 1. The average Bonchev–Trinajstić information content (AvgIpc) is 2.65. The molecule has 0 aliphatic carbocycles. The standard InChI is InChI=1S/C22H21NO3/c1-15-11-17(12-16(2)22(15)24)14-23-18-7-9-19(10-8-18)26-21-6-4-5-20(13-21)25-3/h4-14,24H,1-3H3. The third-order valence-corrected chi connectivity index (χ3v) is 3.99. The number of methoxy groups -OCH3 is 1. The van der Waals surface area contributed by atoms with Crippen LogP contribution in [0.4, 0.5) is 5.69 Å². The monoisotopic (exact) mass is 347 g/mol. The molecule has 132 valence electrons. The van der Waals surface area contributed by atoms with Gasteiger partial charge in [0.2, 0.25) is 0 Å². The van der Waals surface area contributed by atoms with Crippen molar-refractivity contribution in [2.24, 2.45) is 4.99 Å². The predicted molar refractivity (Wildman–Crippen MR) is 104 cm³/mol. The first kappa shape index (κ1) is 17.5. The molecule has 0 amide bonds. The van der Waals surface area contributed by atoms with E-state index in [0.717, 1.165) is 39.6 Å². The third kappa shape index (κ3) is 4.22. The Morgan fingerprint density at radius 2 is 1.50 bits per heavy atom. The first-order valence-electron chi connectivity index (χ1n) is 8.31. The van der Waals surface area contributed by atoms with Gasteiger partial charge >= 0.3 is 0 Å². The molecule has 0 bridgehead atoms. The fraction of sp³-hybridized carbons (Fsp3) is 0.136. The summed E-state index contributed by atoms with van der Waals surface area (Å²) in [5.74, 6) is 2.54. The average molecular weight is 347 g/mol. The van der Waals surface area contributed by atoms with E-state index in [1.165, 1.54) is 0 Å². The first-order chi connectivity index (χ1) is 12.5. The number of phenols is 1. The Hall–Kier alpha value is -3.27. The molecule has 0 saturated carbocycles. The number of benzene rings is 3. The van der Waals surface area contributed by atoms with E-state index in [-0.39, 0.29) is 0 Å². The Balaban J connectivity index is 1.71. The number of hydrogen-bond donors (Lipinski definition) is 1. The van der Waals surface area contributed by atoms with E-state index in [1.54, 1.807) is 13.3 Å². The fourth-order valence-electron chi connectivity index (χ4n) is 2.61. The Morgan fingerprint density at radius 3 is 2.15 bits per heavy atom. The number of nitrogens with zero attached hydrogens (tertiary/aromatic N) is 1. The Morgan fingerprint density at radius 1 is 0.846 bits per heavy atom. The van der Waals surface area contributed by atoms with E-state index in [0.29, 0.717) is 5.75 Å². The lowest BCUT2D eigenvalue weighted by Crippen LogP contribution is -1.87. The van der Waals surface area contributed by atoms with Crippen LogP contribution >= 0.6 is 0 Å². The van der Waals surface area contributed by atoms with Crippen molar-refractivity contribution >= 4 is 11.9 Å². The van der Waals surface area contributed by atoms with Crippen LogP contribution in [0.25, 0.3) is 0 Å². The van der Waals surface area contributed by atoms with Gasteiger partial charge in [0, 0.05) is 12.3 Å². The molecule has 0 heterocycles. The zero-order valence-electron chi connectivity index (χ0n) is 15.1. The van der Waals surface area contributed by atoms with Gasteiger partial charge in [-0.25, -0.2) is 0 Å². The van der Waals surface area contributed by atoms with Crippen LogP contribution in [0.2, 0.25) is 0 Å². The highest BCUT2D eigenvalue weighted by molar-refractivity contribution is 5.83. The topological polar surface area (TPSA) is 51.0 Å². The van der Waals surface area contributed by atoms with Crippen molar-refractivity contribution in [2.75, 3.05) is 7.11 Å². The van der Waals surface area contributed by atoms with Gasteiger partial charge in [-0.2, -0.15) is 0 Å². The van der Waals surface area contributed by atoms with Gasteiger partial charge < -0.3 is 14.6 Å². The summed E-state index contributed by atoms with van der Waals surface area (Å²) >= 11 is 0. The lowest BCUT2D eigenvalue weighted by atomic mass is 10.1. The van der Waals surface area contributed by atoms with Crippen LogP contribution < -0.4 is 9.47 Å². The maximum absolute atomic E-state index is 9.83. The summed E-state index contributed by atoms with van der Waals surface area (Å²) in [4.78, 5) is 4.48. The van der Waals surface area contributed by atoms with E-state index < -0.39 is 0 Å². The van der Waals surface area contributed by atoms with E-state index in [2.05, 4.69) is 4.99 Å². The molecule has 4 nitrogen and oxygen atoms in total. The quantitative estimate of drug-likeness (QED) is 0.615. The molecule has 0 aliphatic rings. The summed E-state index contributed by atoms with van der Waals surface area (Å²) in [6.07, 6.45) is 1.79. The molecule has 0 atom stereocenters. The Bertz CT molecular complexity index is 907. The van der Waals surface area contributed by atoms with Crippen LogP contribution in [0.5, 0.6) is 23.0 Å². The minimum absolute atomic E-state index is 0.334. The molecule has 3 aromatic rings. The number of aryl methyl sites for hydroxylation is 2. The van der Waals surface area contributed by atoms with Crippen LogP contribution in [0, 0.1) is 13.8 Å². The van der Waals surface area contributed by atoms with Crippen LogP contribution in [-0.2, 0) is 0 Å². The van der Waals surface area contributed by atoms with Gasteiger partial charge in [0.05, 0.1) is 12.8 Å². The summed E-state index contributed by atoms with van der Waals surface area (Å²) in [7, 11) is 1.63. The SMILES string of the molecule is COc1cccc(Oc2ccc(N=Cc3cc(C)c(O)c(C)c3)cc2)c1. The maximum Gasteiger partial charge on any atom is 0.131 e. The van der Waals surface area contributed by atoms with E-state index in [4.69, 9.17) is 9.47 Å². The van der Waals surface area contributed by atoms with Gasteiger partial charge in [-0.3, -0.25) is 4.99 Å². The van der Waals surface area contributed by atoms with E-state index in [1.807, 2.05) is 74.5 Å². The van der Waals surface area contributed by atoms with E-state index >= 15 is 0 Å². The van der Waals surface area contributed by atoms with Crippen molar-refractivity contribution in [3.63, 3.8) is 0 Å². The van der Waals surface area contributed by atoms with Crippen molar-refractivity contribution in [3.05, 3.63) is 77.4 Å². The molecule has 0 fully saturated rings. The van der Waals surface area contributed by atoms with Crippen molar-refractivity contribution in [1.82, 2.24) is 0 Å². The normalized spacial score (nSPS) is 10.9. The molecular formula is C22H21NO3. The summed E-state index contributed by atoms with van der Waals surface area (Å²) in [6, 6.07) is 18.8. The van der Waals surface area contributed by atoms with Gasteiger partial charge in [-0.1, -0.05) is 6.07 Å². The summed E-state index contributed by atoms with van der Waals surface area (Å²) < 4.78 is 11.0. The highest BCUT2D eigenvalue weighted by atomic mass is 16.5. The summed E-state index contributed by atoms with van der Waals surface area (Å²) in [5.41, 5.74) is 3.46. The Labute approximate surface area is 153 Å². The second kappa shape index (κ2) is 7.74. The van der Waals surface area contributed by atoms with Crippen molar-refractivity contribution < 1.29 is 14.6 Å². The van der Waals surface area contributed by atoms with Gasteiger partial charge in [0.15, 0.2) is 0 Å². The Kier molecular flexibility index (Phi) is 5.23. The number of aliphatic imine (C=N–C) groups is 1. The number of rotatable bonds is 5. The van der Waals surface area contributed by atoms with Crippen LogP contribution in [0.3, 0.4) is 0 Å². The minimum atomic E-state index is 0.334. The number of phenolic OH excluding ortho intramolecular Hbond substituents is 1. The lowest BCUT2D eigenvalue weighted by molar-refractivity contribution is 0.409. The third-order valence-electron chi connectivity index (χ3n) is 3.99. The minimum Gasteiger partial charge on any atom is -0.507 e. The molecule has 0 radical (unpaired) electrons. The van der Waals surface area contributed by atoms with Crippen LogP contribution in [0.15, 0.2) is 65.7 Å². The van der Waals surface area contributed by atoms with Crippen molar-refractivity contribution in [1.29, 1.82) is 0 Å². The lowest BCUT2D eigenvalue weighted by Gasteiger charge is -2.07. The second-order valence-electron chi connectivity index (χ2n) is 6.04.